The third kappa shape index (κ3) is 3.96. The van der Waals surface area contributed by atoms with Gasteiger partial charge in [0.15, 0.2) is 0 Å². The van der Waals surface area contributed by atoms with Gasteiger partial charge in [0.1, 0.15) is 11.5 Å². The van der Waals surface area contributed by atoms with Crippen LogP contribution in [0.25, 0.3) is 11.0 Å². The van der Waals surface area contributed by atoms with Crippen molar-refractivity contribution in [1.29, 1.82) is 0 Å². The van der Waals surface area contributed by atoms with Gasteiger partial charge in [-0.2, -0.15) is 0 Å². The van der Waals surface area contributed by atoms with Crippen molar-refractivity contribution < 1.29 is 13.7 Å². The number of fused-ring (bicyclic) bond motifs is 1. The van der Waals surface area contributed by atoms with Crippen molar-refractivity contribution in [1.82, 2.24) is 15.0 Å². The van der Waals surface area contributed by atoms with Crippen LogP contribution in [0.4, 0.5) is 0 Å². The molecule has 1 atom stereocenters. The fourth-order valence-electron chi connectivity index (χ4n) is 2.55. The van der Waals surface area contributed by atoms with Crippen molar-refractivity contribution >= 4 is 44.9 Å². The van der Waals surface area contributed by atoms with Crippen LogP contribution in [-0.4, -0.2) is 51.4 Å². The van der Waals surface area contributed by atoms with Crippen molar-refractivity contribution in [2.75, 3.05) is 14.2 Å². The molecule has 0 N–H and O–H groups in total. The first-order chi connectivity index (χ1) is 11.5. The number of methoxy groups -OCH3 is 2. The normalized spacial score (nSPS) is 11.8. The number of ether oxygens (including phenoxy) is 2. The van der Waals surface area contributed by atoms with Crippen LogP contribution in [0.2, 0.25) is 0 Å². The molecule has 0 spiro atoms. The van der Waals surface area contributed by atoms with E-state index >= 15 is 0 Å². The minimum absolute atomic E-state index is 0. The molecule has 0 fully saturated rings. The summed E-state index contributed by atoms with van der Waals surface area (Å²) in [7, 11) is 1.83. The van der Waals surface area contributed by atoms with E-state index in [2.05, 4.69) is 15.0 Å². The third-order valence-electron chi connectivity index (χ3n) is 3.84. The van der Waals surface area contributed by atoms with Crippen LogP contribution < -0.4 is 14.5 Å². The first kappa shape index (κ1) is 19.7. The second-order valence-corrected chi connectivity index (χ2v) is 6.74. The van der Waals surface area contributed by atoms with Gasteiger partial charge < -0.3 is 19.4 Å². The average Bonchev–Trinajstić information content (AvgIpc) is 3.01. The van der Waals surface area contributed by atoms with E-state index < -0.39 is 10.8 Å². The maximum atomic E-state index is 12.6. The smallest absolute Gasteiger partial charge is 0.497 e. The third-order valence-corrected chi connectivity index (χ3v) is 4.96. The van der Waals surface area contributed by atoms with Crippen LogP contribution in [-0.2, 0) is 16.6 Å². The molecule has 6 nitrogen and oxygen atoms in total. The van der Waals surface area contributed by atoms with E-state index in [4.69, 9.17) is 9.47 Å². The molecule has 126 valence electrons. The molecule has 0 aliphatic rings. The zero-order chi connectivity index (χ0) is 17.3. The number of rotatable bonds is 5. The largest absolute Gasteiger partial charge is 2.00 e. The van der Waals surface area contributed by atoms with E-state index in [0.29, 0.717) is 21.9 Å². The molecule has 1 unspecified atom stereocenters. The predicted octanol–water partition coefficient (Wildman–Crippen LogP) is 2.15. The maximum absolute atomic E-state index is 12.6. The summed E-state index contributed by atoms with van der Waals surface area (Å²) in [6.45, 7) is 3.85. The second-order valence-electron chi connectivity index (χ2n) is 5.40. The Hall–Kier alpha value is -1.64. The quantitative estimate of drug-likeness (QED) is 0.642. The van der Waals surface area contributed by atoms with Gasteiger partial charge in [-0.3, -0.25) is 9.19 Å². The molecule has 8 heteroatoms. The van der Waals surface area contributed by atoms with Crippen LogP contribution in [0.1, 0.15) is 16.8 Å². The van der Waals surface area contributed by atoms with Gasteiger partial charge in [-0.05, 0) is 37.0 Å². The summed E-state index contributed by atoms with van der Waals surface area (Å²) < 4.78 is 23.2. The summed E-state index contributed by atoms with van der Waals surface area (Å²) in [6, 6.07) is 5.39. The Morgan fingerprint density at radius 1 is 1.20 bits per heavy atom. The van der Waals surface area contributed by atoms with E-state index in [0.717, 1.165) is 22.6 Å². The summed E-state index contributed by atoms with van der Waals surface area (Å²) in [5.41, 5.74) is 3.94. The van der Waals surface area contributed by atoms with E-state index in [-0.39, 0.29) is 28.8 Å². The number of aromatic nitrogens is 3. The molecule has 3 aromatic rings. The molecule has 2 heterocycles. The van der Waals surface area contributed by atoms with Crippen molar-refractivity contribution in [3.8, 4) is 11.5 Å². The van der Waals surface area contributed by atoms with Crippen LogP contribution in [0, 0.1) is 13.8 Å². The van der Waals surface area contributed by atoms with E-state index in [9.17, 15) is 4.21 Å². The number of hydrogen-bond donors (Lipinski definition) is 0. The van der Waals surface area contributed by atoms with Gasteiger partial charge in [0.05, 0.1) is 36.5 Å². The summed E-state index contributed by atoms with van der Waals surface area (Å²) in [4.78, 5) is 13.1. The Labute approximate surface area is 165 Å². The molecule has 2 aromatic heterocycles. The van der Waals surface area contributed by atoms with Gasteiger partial charge in [0, 0.05) is 22.5 Å². The van der Waals surface area contributed by atoms with Crippen LogP contribution >= 0.6 is 0 Å². The summed E-state index contributed by atoms with van der Waals surface area (Å²) in [6.07, 6.45) is 1.73. The van der Waals surface area contributed by atoms with Gasteiger partial charge in [0.2, 0.25) is 0 Å². The first-order valence-electron chi connectivity index (χ1n) is 7.39. The fourth-order valence-corrected chi connectivity index (χ4v) is 3.62. The van der Waals surface area contributed by atoms with Gasteiger partial charge in [-0.1, -0.05) is 6.07 Å². The maximum Gasteiger partial charge on any atom is 2.00 e. The van der Waals surface area contributed by atoms with Gasteiger partial charge in [0.25, 0.3) is 0 Å². The number of pyridine rings is 1. The molecule has 0 amide bonds. The summed E-state index contributed by atoms with van der Waals surface area (Å²) >= 11 is 0. The number of nitrogens with zero attached hydrogens (tertiary/aromatic N) is 3. The summed E-state index contributed by atoms with van der Waals surface area (Å²) in [5.74, 6) is 1.71. The van der Waals surface area contributed by atoms with Gasteiger partial charge >= 0.3 is 23.1 Å². The van der Waals surface area contributed by atoms with Gasteiger partial charge in [-0.25, -0.2) is 0 Å². The predicted molar refractivity (Wildman–Crippen MR) is 97.7 cm³/mol. The second kappa shape index (κ2) is 8.16. The molecule has 3 rings (SSSR count). The Morgan fingerprint density at radius 2 is 1.96 bits per heavy atom. The van der Waals surface area contributed by atoms with E-state index in [1.807, 2.05) is 13.8 Å². The molecule has 0 aliphatic heterocycles. The van der Waals surface area contributed by atoms with Gasteiger partial charge in [-0.15, -0.1) is 0 Å². The standard InChI is InChI=1S/C17H18N3O3S.Mg/c1-10-8-18-15(11(2)16(10)23-4)9-24(21)17-19-13-6-5-12(22-3)7-14(13)20-17;/h5-8H,9H2,1-4H3;/q-1;+2. The Balaban J connectivity index is 0.00000225. The molecular weight excluding hydrogens is 351 g/mol. The van der Waals surface area contributed by atoms with Crippen molar-refractivity contribution in [2.45, 2.75) is 24.8 Å². The van der Waals surface area contributed by atoms with Crippen LogP contribution in [0.5, 0.6) is 11.5 Å². The number of imidazole rings is 1. The molecule has 0 aliphatic carbocycles. The molecule has 0 bridgehead atoms. The van der Waals surface area contributed by atoms with Crippen molar-refractivity contribution in [3.63, 3.8) is 0 Å². The molecule has 1 aromatic carbocycles. The molecule has 0 saturated carbocycles. The van der Waals surface area contributed by atoms with Crippen molar-refractivity contribution in [2.24, 2.45) is 0 Å². The monoisotopic (exact) mass is 368 g/mol. The Morgan fingerprint density at radius 3 is 2.64 bits per heavy atom. The number of aryl methyl sites for hydroxylation is 1. The zero-order valence-corrected chi connectivity index (χ0v) is 16.9. The summed E-state index contributed by atoms with van der Waals surface area (Å²) in [5, 5.41) is 0.305. The fraction of sp³-hybridized carbons (Fsp3) is 0.294. The number of hydrogen-bond acceptors (Lipinski definition) is 5. The molecule has 25 heavy (non-hydrogen) atoms. The number of benzene rings is 1. The molecule has 0 saturated heterocycles. The SMILES string of the molecule is COc1ccc2[n-]c(S(=O)Cc3ncc(C)c(OC)c3C)nc2c1.[Mg+2]. The average molecular weight is 369 g/mol. The van der Waals surface area contributed by atoms with Crippen LogP contribution in [0.3, 0.4) is 0 Å². The van der Waals surface area contributed by atoms with Crippen molar-refractivity contribution in [3.05, 3.63) is 41.2 Å². The zero-order valence-electron chi connectivity index (χ0n) is 14.7. The van der Waals surface area contributed by atoms with Crippen LogP contribution in [0.15, 0.2) is 29.6 Å². The molecular formula is C17H18MgN3O3S+. The van der Waals surface area contributed by atoms with E-state index in [1.54, 1.807) is 38.6 Å². The first-order valence-corrected chi connectivity index (χ1v) is 8.71. The Bertz CT molecular complexity index is 927. The van der Waals surface area contributed by atoms with E-state index in [1.165, 1.54) is 0 Å². The minimum Gasteiger partial charge on any atom is -0.497 e. The minimum atomic E-state index is -1.38. The Kier molecular flexibility index (Phi) is 6.42. The topological polar surface area (TPSA) is 75.4 Å². The molecule has 0 radical (unpaired) electrons.